The maximum Gasteiger partial charge on any atom is 0.289 e. The van der Waals surface area contributed by atoms with Crippen molar-refractivity contribution in [3.8, 4) is 0 Å². The van der Waals surface area contributed by atoms with Gasteiger partial charge in [0.1, 0.15) is 5.76 Å². The first kappa shape index (κ1) is 25.5. The zero-order valence-corrected chi connectivity index (χ0v) is 20.0. The Morgan fingerprint density at radius 3 is 2.65 bits per heavy atom. The van der Waals surface area contributed by atoms with E-state index in [-0.39, 0.29) is 30.3 Å². The predicted molar refractivity (Wildman–Crippen MR) is 132 cm³/mol. The minimum absolute atomic E-state index is 0. The number of furan rings is 1. The van der Waals surface area contributed by atoms with E-state index in [9.17, 15) is 9.59 Å². The van der Waals surface area contributed by atoms with E-state index in [1.54, 1.807) is 16.9 Å². The number of hydrogen-bond donors (Lipinski definition) is 2. The average Bonchev–Trinajstić information content (AvgIpc) is 3.52. The molecule has 1 aliphatic heterocycles. The van der Waals surface area contributed by atoms with Gasteiger partial charge in [0.05, 0.1) is 6.54 Å². The average molecular weight is 486 g/mol. The standard InChI is InChI=1S/C25H31N5O3.ClH/c31-24-18-22(20-8-2-1-3-9-20)26-13-6-16-29(15-5-4-12-27-24)25(32)23-11-10-21(33-23)19-30-17-7-14-28-30;/h1-3,7-11,14,17,22,26H,4-6,12-13,15-16,18-19H2,(H,27,31);1H. The van der Waals surface area contributed by atoms with Crippen molar-refractivity contribution >= 4 is 24.2 Å². The van der Waals surface area contributed by atoms with Crippen molar-refractivity contribution in [2.45, 2.75) is 38.3 Å². The molecule has 1 aliphatic rings. The Labute approximate surface area is 206 Å². The van der Waals surface area contributed by atoms with Crippen LogP contribution >= 0.6 is 12.4 Å². The molecule has 3 aromatic rings. The number of aromatic nitrogens is 2. The fourth-order valence-corrected chi connectivity index (χ4v) is 4.05. The van der Waals surface area contributed by atoms with E-state index in [1.807, 2.05) is 53.6 Å². The van der Waals surface area contributed by atoms with Gasteiger partial charge in [-0.2, -0.15) is 5.10 Å². The molecule has 1 fully saturated rings. The second-order valence-corrected chi connectivity index (χ2v) is 8.29. The molecule has 1 atom stereocenters. The summed E-state index contributed by atoms with van der Waals surface area (Å²) in [4.78, 5) is 27.4. The van der Waals surface area contributed by atoms with E-state index in [0.29, 0.717) is 50.7 Å². The van der Waals surface area contributed by atoms with E-state index in [1.165, 1.54) is 0 Å². The van der Waals surface area contributed by atoms with E-state index in [4.69, 9.17) is 4.42 Å². The quantitative estimate of drug-likeness (QED) is 0.590. The Morgan fingerprint density at radius 2 is 1.85 bits per heavy atom. The van der Waals surface area contributed by atoms with Crippen LogP contribution < -0.4 is 10.6 Å². The third kappa shape index (κ3) is 7.20. The number of carbonyl (C=O) groups is 2. The zero-order valence-electron chi connectivity index (χ0n) is 19.2. The van der Waals surface area contributed by atoms with Gasteiger partial charge in [0.15, 0.2) is 5.76 Å². The molecule has 34 heavy (non-hydrogen) atoms. The van der Waals surface area contributed by atoms with Gasteiger partial charge in [-0.1, -0.05) is 30.3 Å². The number of nitrogens with one attached hydrogen (secondary N) is 2. The highest BCUT2D eigenvalue weighted by atomic mass is 35.5. The van der Waals surface area contributed by atoms with Crippen LogP contribution in [0, 0.1) is 0 Å². The van der Waals surface area contributed by atoms with Crippen LogP contribution in [0.25, 0.3) is 0 Å². The number of benzene rings is 1. The van der Waals surface area contributed by atoms with Crippen molar-refractivity contribution in [3.05, 3.63) is 78.0 Å². The van der Waals surface area contributed by atoms with Crippen LogP contribution in [-0.2, 0) is 11.3 Å². The van der Waals surface area contributed by atoms with Crippen LogP contribution in [0.15, 0.2) is 65.3 Å². The third-order valence-corrected chi connectivity index (χ3v) is 5.80. The summed E-state index contributed by atoms with van der Waals surface area (Å²) in [6, 6.07) is 15.4. The van der Waals surface area contributed by atoms with Crippen molar-refractivity contribution in [1.29, 1.82) is 0 Å². The van der Waals surface area contributed by atoms with Gasteiger partial charge in [-0.3, -0.25) is 14.3 Å². The Hall–Kier alpha value is -3.10. The largest absolute Gasteiger partial charge is 0.454 e. The second kappa shape index (κ2) is 13.0. The molecule has 2 amide bonds. The molecule has 0 radical (unpaired) electrons. The summed E-state index contributed by atoms with van der Waals surface area (Å²) in [7, 11) is 0. The van der Waals surface area contributed by atoms with Crippen LogP contribution in [-0.4, -0.2) is 52.7 Å². The lowest BCUT2D eigenvalue weighted by Gasteiger charge is -2.22. The van der Waals surface area contributed by atoms with Crippen molar-refractivity contribution < 1.29 is 14.0 Å². The second-order valence-electron chi connectivity index (χ2n) is 8.29. The maximum absolute atomic E-state index is 13.2. The van der Waals surface area contributed by atoms with Crippen molar-refractivity contribution in [2.24, 2.45) is 0 Å². The predicted octanol–water partition coefficient (Wildman–Crippen LogP) is 3.41. The highest BCUT2D eigenvalue weighted by molar-refractivity contribution is 5.91. The zero-order chi connectivity index (χ0) is 22.9. The Kier molecular flexibility index (Phi) is 9.73. The Morgan fingerprint density at radius 1 is 1.03 bits per heavy atom. The molecule has 9 heteroatoms. The molecule has 8 nitrogen and oxygen atoms in total. The molecule has 2 N–H and O–H groups in total. The molecule has 0 spiro atoms. The minimum Gasteiger partial charge on any atom is -0.454 e. The molecule has 4 rings (SSSR count). The normalized spacial score (nSPS) is 18.1. The van der Waals surface area contributed by atoms with Crippen LogP contribution in [0.3, 0.4) is 0 Å². The number of rotatable bonds is 4. The summed E-state index contributed by atoms with van der Waals surface area (Å²) in [6.07, 6.45) is 6.41. The molecular weight excluding hydrogens is 454 g/mol. The van der Waals surface area contributed by atoms with Gasteiger partial charge in [0.2, 0.25) is 5.91 Å². The Bertz CT molecular complexity index is 1020. The monoisotopic (exact) mass is 485 g/mol. The molecule has 0 bridgehead atoms. The van der Waals surface area contributed by atoms with Crippen LogP contribution in [0.1, 0.15) is 53.6 Å². The first-order valence-corrected chi connectivity index (χ1v) is 11.6. The van der Waals surface area contributed by atoms with Gasteiger partial charge in [-0.15, -0.1) is 12.4 Å². The van der Waals surface area contributed by atoms with Crippen molar-refractivity contribution in [3.63, 3.8) is 0 Å². The molecule has 2 aromatic heterocycles. The van der Waals surface area contributed by atoms with Crippen LogP contribution in [0.5, 0.6) is 0 Å². The van der Waals surface area contributed by atoms with Gasteiger partial charge in [0.25, 0.3) is 5.91 Å². The van der Waals surface area contributed by atoms with E-state index < -0.39 is 0 Å². The van der Waals surface area contributed by atoms with Gasteiger partial charge in [-0.05, 0) is 49.6 Å². The summed E-state index contributed by atoms with van der Waals surface area (Å²) >= 11 is 0. The molecule has 182 valence electrons. The molecular formula is C25H32ClN5O3. The minimum atomic E-state index is -0.0970. The van der Waals surface area contributed by atoms with Gasteiger partial charge in [0, 0.05) is 44.5 Å². The topological polar surface area (TPSA) is 92.4 Å². The van der Waals surface area contributed by atoms with Gasteiger partial charge < -0.3 is 20.0 Å². The third-order valence-electron chi connectivity index (χ3n) is 5.80. The first-order valence-electron chi connectivity index (χ1n) is 11.6. The first-order chi connectivity index (χ1) is 16.2. The summed E-state index contributed by atoms with van der Waals surface area (Å²) in [5.41, 5.74) is 1.09. The SMILES string of the molecule is Cl.O=C1CC(c2ccccc2)NCCCN(C(=O)c2ccc(Cn3cccn3)o2)CCCCN1. The number of halogens is 1. The molecule has 1 aromatic carbocycles. The van der Waals surface area contributed by atoms with Gasteiger partial charge in [-0.25, -0.2) is 0 Å². The molecule has 3 heterocycles. The summed E-state index contributed by atoms with van der Waals surface area (Å²) in [5.74, 6) is 0.997. The summed E-state index contributed by atoms with van der Waals surface area (Å²) in [5, 5.41) is 10.7. The highest BCUT2D eigenvalue weighted by Crippen LogP contribution is 2.17. The number of amides is 2. The summed E-state index contributed by atoms with van der Waals surface area (Å²) in [6.45, 7) is 3.07. The van der Waals surface area contributed by atoms with E-state index >= 15 is 0 Å². The smallest absolute Gasteiger partial charge is 0.289 e. The highest BCUT2D eigenvalue weighted by Gasteiger charge is 2.21. The fourth-order valence-electron chi connectivity index (χ4n) is 4.05. The van der Waals surface area contributed by atoms with Crippen LogP contribution in [0.4, 0.5) is 0 Å². The van der Waals surface area contributed by atoms with Crippen molar-refractivity contribution in [1.82, 2.24) is 25.3 Å². The number of hydrogen-bond acceptors (Lipinski definition) is 5. The van der Waals surface area contributed by atoms with Crippen molar-refractivity contribution in [2.75, 3.05) is 26.2 Å². The molecule has 1 saturated heterocycles. The number of nitrogens with zero attached hydrogens (tertiary/aromatic N) is 3. The number of carbonyl (C=O) groups excluding carboxylic acids is 2. The van der Waals surface area contributed by atoms with Gasteiger partial charge >= 0.3 is 0 Å². The summed E-state index contributed by atoms with van der Waals surface area (Å²) < 4.78 is 7.59. The Balaban J connectivity index is 0.00000324. The molecule has 1 unspecified atom stereocenters. The van der Waals surface area contributed by atoms with E-state index in [2.05, 4.69) is 15.7 Å². The molecule has 0 aliphatic carbocycles. The lowest BCUT2D eigenvalue weighted by atomic mass is 10.0. The van der Waals surface area contributed by atoms with Crippen LogP contribution in [0.2, 0.25) is 0 Å². The fraction of sp³-hybridized carbons (Fsp3) is 0.400. The van der Waals surface area contributed by atoms with E-state index in [0.717, 1.165) is 24.8 Å². The lowest BCUT2D eigenvalue weighted by molar-refractivity contribution is -0.121. The lowest BCUT2D eigenvalue weighted by Crippen LogP contribution is -2.34. The molecule has 0 saturated carbocycles. The maximum atomic E-state index is 13.2.